The molecule has 20 heavy (non-hydrogen) atoms. The quantitative estimate of drug-likeness (QED) is 0.560. The molecule has 5 nitrogen and oxygen atoms in total. The molecule has 1 aliphatic heterocycles. The first-order chi connectivity index (χ1) is 9.51. The summed E-state index contributed by atoms with van der Waals surface area (Å²) in [6.45, 7) is 16.4. The summed E-state index contributed by atoms with van der Waals surface area (Å²) in [5, 5.41) is 6.66. The number of rotatable bonds is 6. The minimum atomic E-state index is 0.417. The number of hydrogen-bond donors (Lipinski definition) is 2. The molecule has 1 rings (SSSR count). The van der Waals surface area contributed by atoms with Gasteiger partial charge in [-0.15, -0.1) is 0 Å². The summed E-state index contributed by atoms with van der Waals surface area (Å²) in [5.41, 5.74) is 0. The average Bonchev–Trinajstić information content (AvgIpc) is 2.38. The first kappa shape index (κ1) is 17.2. The average molecular weight is 283 g/mol. The fraction of sp³-hybridized carbons (Fsp3) is 0.933. The van der Waals surface area contributed by atoms with Crippen LogP contribution >= 0.6 is 0 Å². The van der Waals surface area contributed by atoms with Gasteiger partial charge >= 0.3 is 0 Å². The third kappa shape index (κ3) is 7.10. The lowest BCUT2D eigenvalue weighted by Gasteiger charge is -2.33. The Bertz CT molecular complexity index is 282. The topological polar surface area (TPSA) is 42.9 Å². The predicted molar refractivity (Wildman–Crippen MR) is 87.4 cm³/mol. The molecule has 0 aromatic carbocycles. The minimum absolute atomic E-state index is 0.417. The van der Waals surface area contributed by atoms with Crippen LogP contribution in [0.2, 0.25) is 0 Å². The van der Waals surface area contributed by atoms with Gasteiger partial charge < -0.3 is 20.4 Å². The van der Waals surface area contributed by atoms with Gasteiger partial charge in [0.2, 0.25) is 0 Å². The number of piperazine rings is 1. The van der Waals surface area contributed by atoms with E-state index in [1.54, 1.807) is 0 Å². The smallest absolute Gasteiger partial charge is 0.191 e. The van der Waals surface area contributed by atoms with E-state index in [2.05, 4.69) is 55.2 Å². The van der Waals surface area contributed by atoms with Crippen LogP contribution in [0.1, 0.15) is 27.7 Å². The summed E-state index contributed by atoms with van der Waals surface area (Å²) in [4.78, 5) is 9.65. The molecule has 5 heteroatoms. The van der Waals surface area contributed by atoms with Crippen molar-refractivity contribution < 1.29 is 0 Å². The summed E-state index contributed by atoms with van der Waals surface area (Å²) < 4.78 is 0. The zero-order chi connectivity index (χ0) is 15.0. The number of nitrogens with zero attached hydrogens (tertiary/aromatic N) is 3. The Morgan fingerprint density at radius 3 is 2.35 bits per heavy atom. The Labute approximate surface area is 124 Å². The maximum absolute atomic E-state index is 4.69. The highest BCUT2D eigenvalue weighted by atomic mass is 15.2. The Morgan fingerprint density at radius 1 is 1.15 bits per heavy atom. The molecule has 118 valence electrons. The first-order valence-electron chi connectivity index (χ1n) is 7.97. The molecule has 2 N–H and O–H groups in total. The van der Waals surface area contributed by atoms with E-state index in [9.17, 15) is 0 Å². The molecule has 0 saturated carbocycles. The Balaban J connectivity index is 2.33. The highest BCUT2D eigenvalue weighted by molar-refractivity contribution is 5.79. The van der Waals surface area contributed by atoms with E-state index in [0.717, 1.165) is 25.6 Å². The van der Waals surface area contributed by atoms with Crippen molar-refractivity contribution in [3.05, 3.63) is 0 Å². The highest BCUT2D eigenvalue weighted by Gasteiger charge is 2.15. The summed E-state index contributed by atoms with van der Waals surface area (Å²) in [7, 11) is 2.20. The monoisotopic (exact) mass is 283 g/mol. The van der Waals surface area contributed by atoms with Crippen LogP contribution in [0, 0.1) is 5.92 Å². The van der Waals surface area contributed by atoms with E-state index in [1.165, 1.54) is 26.2 Å². The molecule has 1 atom stereocenters. The molecule has 0 amide bonds. The second-order valence-corrected chi connectivity index (χ2v) is 6.23. The van der Waals surface area contributed by atoms with Crippen molar-refractivity contribution in [2.24, 2.45) is 10.9 Å². The zero-order valence-electron chi connectivity index (χ0n) is 13.9. The van der Waals surface area contributed by atoms with Crippen LogP contribution in [0.5, 0.6) is 0 Å². The molecule has 0 aromatic heterocycles. The number of aliphatic imine (C=N–C) groups is 1. The molecule has 0 aliphatic carbocycles. The predicted octanol–water partition coefficient (Wildman–Crippen LogP) is 0.833. The van der Waals surface area contributed by atoms with Crippen molar-refractivity contribution in [2.75, 3.05) is 52.9 Å². The molecular formula is C15H33N5. The second-order valence-electron chi connectivity index (χ2n) is 6.23. The van der Waals surface area contributed by atoms with Crippen LogP contribution < -0.4 is 10.6 Å². The van der Waals surface area contributed by atoms with Crippen LogP contribution in [0.15, 0.2) is 4.99 Å². The fourth-order valence-electron chi connectivity index (χ4n) is 2.37. The Hall–Kier alpha value is -0.810. The number of hydrogen-bond acceptors (Lipinski definition) is 3. The van der Waals surface area contributed by atoms with E-state index in [4.69, 9.17) is 4.99 Å². The second kappa shape index (κ2) is 9.19. The van der Waals surface area contributed by atoms with Crippen LogP contribution in [-0.4, -0.2) is 74.7 Å². The molecule has 1 unspecified atom stereocenters. The molecule has 1 saturated heterocycles. The third-order valence-corrected chi connectivity index (χ3v) is 3.50. The fourth-order valence-corrected chi connectivity index (χ4v) is 2.37. The van der Waals surface area contributed by atoms with E-state index in [0.29, 0.717) is 12.0 Å². The number of likely N-dealkylation sites (N-methyl/N-ethyl adjacent to an activating group) is 1. The van der Waals surface area contributed by atoms with Gasteiger partial charge in [-0.1, -0.05) is 6.92 Å². The molecule has 0 radical (unpaired) electrons. The number of nitrogens with one attached hydrogen (secondary N) is 2. The molecule has 0 aromatic rings. The molecule has 0 bridgehead atoms. The van der Waals surface area contributed by atoms with Crippen molar-refractivity contribution in [3.63, 3.8) is 0 Å². The largest absolute Gasteiger partial charge is 0.357 e. The third-order valence-electron chi connectivity index (χ3n) is 3.50. The van der Waals surface area contributed by atoms with E-state index < -0.39 is 0 Å². The maximum atomic E-state index is 4.69. The lowest BCUT2D eigenvalue weighted by Crippen LogP contribution is -2.46. The van der Waals surface area contributed by atoms with Gasteiger partial charge in [-0.25, -0.2) is 0 Å². The molecule has 1 aliphatic rings. The van der Waals surface area contributed by atoms with Gasteiger partial charge in [0.05, 0.1) is 0 Å². The van der Waals surface area contributed by atoms with Crippen molar-refractivity contribution in [1.29, 1.82) is 0 Å². The van der Waals surface area contributed by atoms with E-state index in [1.807, 2.05) is 0 Å². The van der Waals surface area contributed by atoms with Gasteiger partial charge in [-0.3, -0.25) is 4.99 Å². The van der Waals surface area contributed by atoms with Gasteiger partial charge in [-0.05, 0) is 33.7 Å². The molecule has 1 heterocycles. The van der Waals surface area contributed by atoms with E-state index in [-0.39, 0.29) is 0 Å². The van der Waals surface area contributed by atoms with Crippen molar-refractivity contribution in [2.45, 2.75) is 33.7 Å². The standard InChI is InChI=1S/C15H33N5/c1-6-16-15(18-13(2)3)17-11-14(4)12-20-9-7-19(5)8-10-20/h13-14H,6-12H2,1-5H3,(H2,16,17,18). The summed E-state index contributed by atoms with van der Waals surface area (Å²) in [6, 6.07) is 0.417. The van der Waals surface area contributed by atoms with Crippen LogP contribution in [-0.2, 0) is 0 Å². The van der Waals surface area contributed by atoms with Crippen molar-refractivity contribution in [3.8, 4) is 0 Å². The van der Waals surface area contributed by atoms with Gasteiger partial charge in [0, 0.05) is 51.9 Å². The molecule has 0 spiro atoms. The van der Waals surface area contributed by atoms with Crippen LogP contribution in [0.4, 0.5) is 0 Å². The number of guanidine groups is 1. The Kier molecular flexibility index (Phi) is 7.92. The van der Waals surface area contributed by atoms with Gasteiger partial charge in [0.1, 0.15) is 0 Å². The maximum Gasteiger partial charge on any atom is 0.191 e. The SMILES string of the molecule is CCNC(=NCC(C)CN1CCN(C)CC1)NC(C)C. The van der Waals surface area contributed by atoms with Gasteiger partial charge in [-0.2, -0.15) is 0 Å². The molecular weight excluding hydrogens is 250 g/mol. The summed E-state index contributed by atoms with van der Waals surface area (Å²) in [5.74, 6) is 1.54. The summed E-state index contributed by atoms with van der Waals surface area (Å²) >= 11 is 0. The van der Waals surface area contributed by atoms with Crippen molar-refractivity contribution >= 4 is 5.96 Å². The lowest BCUT2D eigenvalue weighted by molar-refractivity contribution is 0.140. The van der Waals surface area contributed by atoms with Gasteiger partial charge in [0.15, 0.2) is 5.96 Å². The first-order valence-corrected chi connectivity index (χ1v) is 7.97. The van der Waals surface area contributed by atoms with Crippen LogP contribution in [0.3, 0.4) is 0 Å². The Morgan fingerprint density at radius 2 is 1.80 bits per heavy atom. The highest BCUT2D eigenvalue weighted by Crippen LogP contribution is 2.05. The van der Waals surface area contributed by atoms with E-state index >= 15 is 0 Å². The normalized spacial score (nSPS) is 20.2. The summed E-state index contributed by atoms with van der Waals surface area (Å²) in [6.07, 6.45) is 0. The minimum Gasteiger partial charge on any atom is -0.357 e. The zero-order valence-corrected chi connectivity index (χ0v) is 13.9. The molecule has 1 fully saturated rings. The van der Waals surface area contributed by atoms with Crippen LogP contribution in [0.25, 0.3) is 0 Å². The van der Waals surface area contributed by atoms with Crippen molar-refractivity contribution in [1.82, 2.24) is 20.4 Å². The van der Waals surface area contributed by atoms with Gasteiger partial charge in [0.25, 0.3) is 0 Å². The lowest BCUT2D eigenvalue weighted by atomic mass is 10.1.